The first kappa shape index (κ1) is 28.5. The van der Waals surface area contributed by atoms with E-state index in [-0.39, 0.29) is 6.42 Å². The lowest BCUT2D eigenvalue weighted by Crippen LogP contribution is -2.59. The zero-order valence-electron chi connectivity index (χ0n) is 19.2. The van der Waals surface area contributed by atoms with Crippen LogP contribution in [-0.2, 0) is 30.4 Å². The van der Waals surface area contributed by atoms with E-state index in [1.54, 1.807) is 44.2 Å². The fraction of sp³-hybridized carbons (Fsp3) is 0.500. The Morgan fingerprint density at radius 3 is 1.88 bits per heavy atom. The summed E-state index contributed by atoms with van der Waals surface area (Å²) in [7, 11) is 0. The number of aliphatic hydroxyl groups is 1. The third-order valence-electron chi connectivity index (χ3n) is 4.98. The molecule has 12 heteroatoms. The maximum absolute atomic E-state index is 12.8. The molecular formula is C22H32N4O8. The molecule has 0 aliphatic heterocycles. The van der Waals surface area contributed by atoms with Gasteiger partial charge in [-0.25, -0.2) is 4.79 Å². The number of carboxylic acids is 2. The molecule has 3 amide bonds. The van der Waals surface area contributed by atoms with Gasteiger partial charge in [0.1, 0.15) is 24.2 Å². The summed E-state index contributed by atoms with van der Waals surface area (Å²) in [6.07, 6.45) is -2.06. The topological polar surface area (TPSA) is 208 Å². The van der Waals surface area contributed by atoms with Gasteiger partial charge in [-0.05, 0) is 18.4 Å². The number of nitrogens with one attached hydrogen (secondary N) is 3. The van der Waals surface area contributed by atoms with Gasteiger partial charge >= 0.3 is 11.9 Å². The zero-order valence-corrected chi connectivity index (χ0v) is 19.2. The summed E-state index contributed by atoms with van der Waals surface area (Å²) in [6.45, 7) is 4.51. The van der Waals surface area contributed by atoms with E-state index < -0.39 is 72.3 Å². The molecule has 188 valence electrons. The second-order valence-corrected chi connectivity index (χ2v) is 8.24. The first-order chi connectivity index (χ1) is 15.8. The van der Waals surface area contributed by atoms with Crippen molar-refractivity contribution in [1.82, 2.24) is 16.0 Å². The molecule has 0 aliphatic carbocycles. The highest BCUT2D eigenvalue weighted by Crippen LogP contribution is 2.07. The van der Waals surface area contributed by atoms with Crippen LogP contribution in [0, 0.1) is 5.92 Å². The van der Waals surface area contributed by atoms with Crippen LogP contribution < -0.4 is 21.7 Å². The summed E-state index contributed by atoms with van der Waals surface area (Å²) in [6, 6.07) is 3.02. The number of aliphatic hydroxyl groups excluding tert-OH is 1. The molecule has 0 heterocycles. The quantitative estimate of drug-likeness (QED) is 0.177. The van der Waals surface area contributed by atoms with Gasteiger partial charge in [-0.1, -0.05) is 44.2 Å². The van der Waals surface area contributed by atoms with E-state index in [1.807, 2.05) is 0 Å². The maximum atomic E-state index is 12.8. The van der Waals surface area contributed by atoms with Crippen LogP contribution in [0.2, 0.25) is 0 Å². The number of carbonyl (C=O) groups excluding carboxylic acids is 3. The van der Waals surface area contributed by atoms with Crippen molar-refractivity contribution >= 4 is 29.7 Å². The van der Waals surface area contributed by atoms with Gasteiger partial charge < -0.3 is 37.0 Å². The number of carboxylic acid groups (broad SMARTS) is 2. The number of benzene rings is 1. The molecule has 0 radical (unpaired) electrons. The van der Waals surface area contributed by atoms with Gasteiger partial charge in [0, 0.05) is 6.42 Å². The molecule has 1 rings (SSSR count). The van der Waals surface area contributed by atoms with Crippen molar-refractivity contribution in [3.8, 4) is 0 Å². The van der Waals surface area contributed by atoms with Crippen molar-refractivity contribution in [2.24, 2.45) is 11.7 Å². The summed E-state index contributed by atoms with van der Waals surface area (Å²) < 4.78 is 0. The smallest absolute Gasteiger partial charge is 0.326 e. The molecule has 8 N–H and O–H groups in total. The molecule has 1 aromatic carbocycles. The van der Waals surface area contributed by atoms with E-state index in [1.165, 1.54) is 6.92 Å². The van der Waals surface area contributed by atoms with Crippen LogP contribution in [0.25, 0.3) is 0 Å². The predicted molar refractivity (Wildman–Crippen MR) is 120 cm³/mol. The highest BCUT2D eigenvalue weighted by atomic mass is 16.4. The van der Waals surface area contributed by atoms with Gasteiger partial charge in [-0.2, -0.15) is 0 Å². The van der Waals surface area contributed by atoms with Gasteiger partial charge in [-0.3, -0.25) is 19.2 Å². The second kappa shape index (κ2) is 13.3. The normalized spacial score (nSPS) is 15.4. The maximum Gasteiger partial charge on any atom is 0.326 e. The number of amides is 3. The van der Waals surface area contributed by atoms with Crippen LogP contribution >= 0.6 is 0 Å². The summed E-state index contributed by atoms with van der Waals surface area (Å²) >= 11 is 0. The molecule has 0 saturated heterocycles. The Bertz CT molecular complexity index is 875. The number of carbonyl (C=O) groups is 5. The number of hydrogen-bond donors (Lipinski definition) is 7. The molecule has 5 unspecified atom stereocenters. The standard InChI is InChI=1S/C22H32N4O8/c1-11(2)18(26-20(31)17(23)12(3)27)21(32)24-14(10-16(28)29)19(30)25-15(22(33)34)9-13-7-5-4-6-8-13/h4-8,11-12,14-15,17-18,27H,9-10,23H2,1-3H3,(H,24,32)(H,25,30)(H,26,31)(H,28,29)(H,33,34). The van der Waals surface area contributed by atoms with Gasteiger partial charge in [0.15, 0.2) is 0 Å². The number of hydrogen-bond acceptors (Lipinski definition) is 7. The van der Waals surface area contributed by atoms with Crippen molar-refractivity contribution in [2.45, 2.75) is 63.9 Å². The van der Waals surface area contributed by atoms with E-state index in [0.29, 0.717) is 5.56 Å². The van der Waals surface area contributed by atoms with Crippen LogP contribution in [0.15, 0.2) is 30.3 Å². The van der Waals surface area contributed by atoms with Crippen LogP contribution in [-0.4, -0.2) is 75.3 Å². The molecular weight excluding hydrogens is 448 g/mol. The summed E-state index contributed by atoms with van der Waals surface area (Å²) in [4.78, 5) is 60.7. The molecule has 0 aliphatic rings. The SMILES string of the molecule is CC(C)C(NC(=O)C(N)C(C)O)C(=O)NC(CC(=O)O)C(=O)NC(Cc1ccccc1)C(=O)O. The molecule has 34 heavy (non-hydrogen) atoms. The third kappa shape index (κ3) is 9.16. The Morgan fingerprint density at radius 2 is 1.41 bits per heavy atom. The first-order valence-electron chi connectivity index (χ1n) is 10.7. The first-order valence-corrected chi connectivity index (χ1v) is 10.7. The van der Waals surface area contributed by atoms with Gasteiger partial charge in [0.05, 0.1) is 12.5 Å². The van der Waals surface area contributed by atoms with E-state index in [9.17, 15) is 39.3 Å². The molecule has 0 fully saturated rings. The van der Waals surface area contributed by atoms with E-state index >= 15 is 0 Å². The highest BCUT2D eigenvalue weighted by molar-refractivity contribution is 5.95. The lowest BCUT2D eigenvalue weighted by molar-refractivity contribution is -0.143. The molecule has 1 aromatic rings. The van der Waals surface area contributed by atoms with Crippen molar-refractivity contribution < 1.29 is 39.3 Å². The number of nitrogens with two attached hydrogens (primary N) is 1. The highest BCUT2D eigenvalue weighted by Gasteiger charge is 2.33. The Balaban J connectivity index is 2.99. The van der Waals surface area contributed by atoms with Crippen molar-refractivity contribution in [3.63, 3.8) is 0 Å². The van der Waals surface area contributed by atoms with E-state index in [0.717, 1.165) is 0 Å². The molecule has 0 spiro atoms. The Kier molecular flexibility index (Phi) is 11.1. The molecule has 0 saturated carbocycles. The van der Waals surface area contributed by atoms with Crippen LogP contribution in [0.4, 0.5) is 0 Å². The summed E-state index contributed by atoms with van der Waals surface area (Å²) in [5.41, 5.74) is 6.21. The number of rotatable bonds is 13. The average Bonchev–Trinajstić information content (AvgIpc) is 2.75. The van der Waals surface area contributed by atoms with Crippen molar-refractivity contribution in [2.75, 3.05) is 0 Å². The van der Waals surface area contributed by atoms with Crippen LogP contribution in [0.1, 0.15) is 32.8 Å². The molecule has 0 aromatic heterocycles. The molecule has 12 nitrogen and oxygen atoms in total. The van der Waals surface area contributed by atoms with Gasteiger partial charge in [0.25, 0.3) is 0 Å². The molecule has 0 bridgehead atoms. The molecule has 5 atom stereocenters. The number of aliphatic carboxylic acids is 2. The fourth-order valence-corrected chi connectivity index (χ4v) is 2.97. The lowest BCUT2D eigenvalue weighted by atomic mass is 10.0. The summed E-state index contributed by atoms with van der Waals surface area (Å²) in [5.74, 6) is -5.90. The second-order valence-electron chi connectivity index (χ2n) is 8.24. The largest absolute Gasteiger partial charge is 0.481 e. The van der Waals surface area contributed by atoms with E-state index in [4.69, 9.17) is 5.73 Å². The van der Waals surface area contributed by atoms with Crippen molar-refractivity contribution in [3.05, 3.63) is 35.9 Å². The minimum atomic E-state index is -1.61. The van der Waals surface area contributed by atoms with E-state index in [2.05, 4.69) is 16.0 Å². The average molecular weight is 481 g/mol. The van der Waals surface area contributed by atoms with Crippen LogP contribution in [0.5, 0.6) is 0 Å². The minimum Gasteiger partial charge on any atom is -0.481 e. The lowest BCUT2D eigenvalue weighted by Gasteiger charge is -2.27. The Hall–Kier alpha value is -3.51. The predicted octanol–water partition coefficient (Wildman–Crippen LogP) is -1.39. The minimum absolute atomic E-state index is 0.0580. The fourth-order valence-electron chi connectivity index (χ4n) is 2.97. The van der Waals surface area contributed by atoms with Crippen molar-refractivity contribution in [1.29, 1.82) is 0 Å². The monoisotopic (exact) mass is 480 g/mol. The Morgan fingerprint density at radius 1 is 0.853 bits per heavy atom. The zero-order chi connectivity index (χ0) is 26.0. The Labute approximate surface area is 196 Å². The summed E-state index contributed by atoms with van der Waals surface area (Å²) in [5, 5.41) is 35.1. The van der Waals surface area contributed by atoms with Gasteiger partial charge in [-0.15, -0.1) is 0 Å². The van der Waals surface area contributed by atoms with Gasteiger partial charge in [0.2, 0.25) is 17.7 Å². The third-order valence-corrected chi connectivity index (χ3v) is 4.98. The van der Waals surface area contributed by atoms with Crippen LogP contribution in [0.3, 0.4) is 0 Å².